The molecular weight excluding hydrogens is 626 g/mol. The number of ether oxygens (including phenoxy) is 5. The molecule has 9 rings (SSSR count). The Hall–Kier alpha value is -4.50. The van der Waals surface area contributed by atoms with Crippen molar-refractivity contribution >= 4 is 0 Å². The summed E-state index contributed by atoms with van der Waals surface area (Å²) in [6, 6.07) is 21.7. The maximum atomic E-state index is 7.13. The highest BCUT2D eigenvalue weighted by atomic mass is 16.5. The summed E-state index contributed by atoms with van der Waals surface area (Å²) < 4.78 is 32.0. The summed E-state index contributed by atoms with van der Waals surface area (Å²) >= 11 is 0. The van der Waals surface area contributed by atoms with Gasteiger partial charge in [-0.15, -0.1) is 0 Å². The topological polar surface area (TPSA) is 55.9 Å². The molecule has 4 aromatic rings. The van der Waals surface area contributed by atoms with Crippen LogP contribution in [0.2, 0.25) is 0 Å². The van der Waals surface area contributed by atoms with Crippen LogP contribution < -0.4 is 23.7 Å². The van der Waals surface area contributed by atoms with Crippen LogP contribution in [0.25, 0.3) is 0 Å². The number of likely N-dealkylation sites (N-methyl/N-ethyl adjacent to an activating group) is 2. The van der Waals surface area contributed by atoms with E-state index in [1.807, 2.05) is 6.07 Å². The van der Waals surface area contributed by atoms with Gasteiger partial charge in [-0.1, -0.05) is 36.4 Å². The summed E-state index contributed by atoms with van der Waals surface area (Å²) in [5.74, 6) is 5.16. The molecular formula is C42H47N3O5. The Bertz CT molecular complexity index is 1910. The molecule has 6 bridgehead atoms. The summed E-state index contributed by atoms with van der Waals surface area (Å²) in [6.07, 6.45) is 8.00. The Morgan fingerprint density at radius 2 is 1.40 bits per heavy atom. The third-order valence-corrected chi connectivity index (χ3v) is 11.1. The van der Waals surface area contributed by atoms with Crippen LogP contribution in [0, 0.1) is 0 Å². The van der Waals surface area contributed by atoms with Crippen molar-refractivity contribution in [2.24, 2.45) is 0 Å². The Kier molecular flexibility index (Phi) is 8.93. The van der Waals surface area contributed by atoms with Crippen molar-refractivity contribution in [1.82, 2.24) is 14.7 Å². The minimum Gasteiger partial charge on any atom is -0.493 e. The van der Waals surface area contributed by atoms with Gasteiger partial charge >= 0.3 is 0 Å². The van der Waals surface area contributed by atoms with Crippen molar-refractivity contribution in [1.29, 1.82) is 0 Å². The molecule has 0 saturated carbocycles. The van der Waals surface area contributed by atoms with Gasteiger partial charge in [-0.3, -0.25) is 14.7 Å². The molecule has 5 aliphatic heterocycles. The van der Waals surface area contributed by atoms with E-state index in [1.165, 1.54) is 33.4 Å². The highest BCUT2D eigenvalue weighted by molar-refractivity contribution is 5.67. The van der Waals surface area contributed by atoms with Gasteiger partial charge in [0.2, 0.25) is 5.75 Å². The molecule has 8 heteroatoms. The first kappa shape index (κ1) is 32.7. The van der Waals surface area contributed by atoms with E-state index in [-0.39, 0.29) is 12.1 Å². The molecule has 0 N–H and O–H groups in total. The molecule has 0 aliphatic carbocycles. The molecule has 4 aromatic carbocycles. The smallest absolute Gasteiger partial charge is 0.204 e. The van der Waals surface area contributed by atoms with Gasteiger partial charge in [-0.05, 0) is 104 Å². The van der Waals surface area contributed by atoms with E-state index in [0.29, 0.717) is 17.2 Å². The number of nitrogens with zero attached hydrogens (tertiary/aromatic N) is 3. The van der Waals surface area contributed by atoms with Crippen LogP contribution in [0.15, 0.2) is 72.8 Å². The first-order valence-corrected chi connectivity index (χ1v) is 17.8. The second-order valence-electron chi connectivity index (χ2n) is 14.0. The molecule has 0 unspecified atom stereocenters. The largest absolute Gasteiger partial charge is 0.493 e. The third-order valence-electron chi connectivity index (χ3n) is 11.1. The van der Waals surface area contributed by atoms with Crippen LogP contribution in [-0.2, 0) is 32.2 Å². The van der Waals surface area contributed by atoms with Crippen LogP contribution in [0.5, 0.6) is 40.2 Å². The van der Waals surface area contributed by atoms with E-state index in [2.05, 4.69) is 95.5 Å². The zero-order valence-corrected chi connectivity index (χ0v) is 29.8. The van der Waals surface area contributed by atoms with Crippen LogP contribution in [0.1, 0.15) is 51.0 Å². The molecule has 5 heterocycles. The zero-order chi connectivity index (χ0) is 34.4. The van der Waals surface area contributed by atoms with Crippen molar-refractivity contribution in [3.8, 4) is 40.2 Å². The van der Waals surface area contributed by atoms with E-state index in [4.69, 9.17) is 23.7 Å². The molecule has 8 nitrogen and oxygen atoms in total. The lowest BCUT2D eigenvalue weighted by atomic mass is 9.84. The molecule has 5 aliphatic rings. The third kappa shape index (κ3) is 5.99. The van der Waals surface area contributed by atoms with Crippen molar-refractivity contribution in [3.05, 3.63) is 112 Å². The maximum Gasteiger partial charge on any atom is 0.204 e. The molecule has 0 spiro atoms. The lowest BCUT2D eigenvalue weighted by Gasteiger charge is -2.39. The first-order chi connectivity index (χ1) is 24.4. The van der Waals surface area contributed by atoms with E-state index in [9.17, 15) is 0 Å². The molecule has 0 radical (unpaired) electrons. The van der Waals surface area contributed by atoms with Crippen LogP contribution in [0.3, 0.4) is 0 Å². The predicted octanol–water partition coefficient (Wildman–Crippen LogP) is 7.53. The van der Waals surface area contributed by atoms with Crippen molar-refractivity contribution in [2.45, 2.75) is 44.3 Å². The Morgan fingerprint density at radius 1 is 0.700 bits per heavy atom. The Balaban J connectivity index is 1.35. The lowest BCUT2D eigenvalue weighted by molar-refractivity contribution is 0.218. The zero-order valence-electron chi connectivity index (χ0n) is 29.8. The number of benzene rings is 4. The van der Waals surface area contributed by atoms with Gasteiger partial charge in [0.05, 0.1) is 21.3 Å². The second-order valence-corrected chi connectivity index (χ2v) is 14.0. The fraction of sp³-hybridized carbons (Fsp3) is 0.381. The van der Waals surface area contributed by atoms with E-state index in [0.717, 1.165) is 87.0 Å². The van der Waals surface area contributed by atoms with Crippen molar-refractivity contribution in [2.75, 3.05) is 61.6 Å². The highest BCUT2D eigenvalue weighted by Crippen LogP contribution is 2.53. The number of hydrogen-bond acceptors (Lipinski definition) is 8. The average Bonchev–Trinajstić information content (AvgIpc) is 3.65. The SMILES string of the molecule is COc1ccc2cc1Oc1ccc(cc1)C[C@H]1c3cc(ccc3CCN1C)Oc1c(OC)c(OC)c(CN3CC=CC3)c3c1[C@H](C2)N(C)CC3. The van der Waals surface area contributed by atoms with E-state index in [1.54, 1.807) is 21.3 Å². The Morgan fingerprint density at radius 3 is 2.16 bits per heavy atom. The summed E-state index contributed by atoms with van der Waals surface area (Å²) in [5, 5.41) is 0. The number of fused-ring (bicyclic) bond motifs is 2. The van der Waals surface area contributed by atoms with E-state index < -0.39 is 0 Å². The van der Waals surface area contributed by atoms with Gasteiger partial charge in [-0.2, -0.15) is 0 Å². The summed E-state index contributed by atoms with van der Waals surface area (Å²) in [5.41, 5.74) is 8.73. The minimum absolute atomic E-state index is 0.0138. The number of methoxy groups -OCH3 is 3. The monoisotopic (exact) mass is 673 g/mol. The molecule has 260 valence electrons. The maximum absolute atomic E-state index is 7.13. The van der Waals surface area contributed by atoms with Crippen molar-refractivity contribution in [3.63, 3.8) is 0 Å². The minimum atomic E-state index is 0.0138. The molecule has 0 aromatic heterocycles. The lowest BCUT2D eigenvalue weighted by Crippen LogP contribution is -2.35. The van der Waals surface area contributed by atoms with Crippen LogP contribution in [0.4, 0.5) is 0 Å². The predicted molar refractivity (Wildman–Crippen MR) is 196 cm³/mol. The summed E-state index contributed by atoms with van der Waals surface area (Å²) in [7, 11) is 9.61. The van der Waals surface area contributed by atoms with Crippen LogP contribution in [-0.4, -0.2) is 76.3 Å². The molecule has 50 heavy (non-hydrogen) atoms. The fourth-order valence-electron chi connectivity index (χ4n) is 8.35. The molecule has 0 saturated heterocycles. The normalized spacial score (nSPS) is 20.3. The Labute approximate surface area is 295 Å². The first-order valence-electron chi connectivity index (χ1n) is 17.8. The fourth-order valence-corrected chi connectivity index (χ4v) is 8.35. The molecule has 0 fully saturated rings. The van der Waals surface area contributed by atoms with Gasteiger partial charge in [0, 0.05) is 55.9 Å². The second kappa shape index (κ2) is 13.7. The standard InChI is InChI=1S/C42H47N3O5/c1-43-20-16-29-11-14-31-25-33(29)35(43)22-27-8-12-30(13-9-27)49-38-24-28(10-15-37(38)46-3)23-36-39-32(17-21-44(36)2)34(26-45-18-6-7-19-45)40(47-4)42(48-5)41(39)50-31/h6-15,24-25,35-36H,16-23,26H2,1-5H3/t35-,36-/m0/s1. The van der Waals surface area contributed by atoms with Gasteiger partial charge in [0.15, 0.2) is 23.0 Å². The number of rotatable bonds is 5. The van der Waals surface area contributed by atoms with Gasteiger partial charge in [-0.25, -0.2) is 0 Å². The van der Waals surface area contributed by atoms with Crippen molar-refractivity contribution < 1.29 is 23.7 Å². The van der Waals surface area contributed by atoms with E-state index >= 15 is 0 Å². The average molecular weight is 674 g/mol. The molecule has 0 amide bonds. The molecule has 2 atom stereocenters. The van der Waals surface area contributed by atoms with Crippen LogP contribution >= 0.6 is 0 Å². The van der Waals surface area contributed by atoms with Gasteiger partial charge in [0.25, 0.3) is 0 Å². The quantitative estimate of drug-likeness (QED) is 0.202. The number of hydrogen-bond donors (Lipinski definition) is 0. The van der Waals surface area contributed by atoms with Gasteiger partial charge < -0.3 is 23.7 Å². The van der Waals surface area contributed by atoms with Gasteiger partial charge in [0.1, 0.15) is 11.5 Å². The highest BCUT2D eigenvalue weighted by Gasteiger charge is 2.37. The summed E-state index contributed by atoms with van der Waals surface area (Å²) in [4.78, 5) is 7.35. The summed E-state index contributed by atoms with van der Waals surface area (Å²) in [6.45, 7) is 4.54.